The third-order valence-corrected chi connectivity index (χ3v) is 6.50. The highest BCUT2D eigenvalue weighted by Crippen LogP contribution is 2.31. The Morgan fingerprint density at radius 1 is 0.925 bits per heavy atom. The molecule has 4 aromatic carbocycles. The fourth-order valence-electron chi connectivity index (χ4n) is 4.43. The van der Waals surface area contributed by atoms with E-state index in [4.69, 9.17) is 9.84 Å². The van der Waals surface area contributed by atoms with Gasteiger partial charge in [0.2, 0.25) is 0 Å². The lowest BCUT2D eigenvalue weighted by molar-refractivity contribution is -0.136. The zero-order valence-corrected chi connectivity index (χ0v) is 21.5. The van der Waals surface area contributed by atoms with Gasteiger partial charge >= 0.3 is 5.97 Å². The van der Waals surface area contributed by atoms with Gasteiger partial charge in [0, 0.05) is 29.3 Å². The summed E-state index contributed by atoms with van der Waals surface area (Å²) in [7, 11) is 1.61. The van der Waals surface area contributed by atoms with Crippen molar-refractivity contribution in [3.63, 3.8) is 0 Å². The molecule has 40 heavy (non-hydrogen) atoms. The van der Waals surface area contributed by atoms with Gasteiger partial charge < -0.3 is 15.2 Å². The first-order valence-electron chi connectivity index (χ1n) is 12.5. The van der Waals surface area contributed by atoms with Crippen LogP contribution in [0, 0.1) is 11.6 Å². The first kappa shape index (κ1) is 26.6. The van der Waals surface area contributed by atoms with Crippen molar-refractivity contribution in [2.24, 2.45) is 0 Å². The Balaban J connectivity index is 1.48. The van der Waals surface area contributed by atoms with Crippen LogP contribution in [0.3, 0.4) is 0 Å². The predicted molar refractivity (Wildman–Crippen MR) is 147 cm³/mol. The second-order valence-corrected chi connectivity index (χ2v) is 9.22. The van der Waals surface area contributed by atoms with Crippen molar-refractivity contribution in [2.45, 2.75) is 13.0 Å². The average molecular weight is 542 g/mol. The molecule has 0 atom stereocenters. The van der Waals surface area contributed by atoms with E-state index in [1.54, 1.807) is 42.1 Å². The maximum Gasteiger partial charge on any atom is 0.305 e. The molecule has 0 aliphatic heterocycles. The fraction of sp³-hybridized carbons (Fsp3) is 0.129. The smallest absolute Gasteiger partial charge is 0.305 e. The van der Waals surface area contributed by atoms with Crippen LogP contribution in [0.1, 0.15) is 22.3 Å². The molecule has 202 valence electrons. The number of amides is 1. The number of carbonyl (C=O) groups excluding carboxylic acids is 1. The molecule has 2 N–H and O–H groups in total. The highest BCUT2D eigenvalue weighted by Gasteiger charge is 2.16. The molecule has 1 heterocycles. The molecule has 5 rings (SSSR count). The Labute approximate surface area is 228 Å². The second-order valence-electron chi connectivity index (χ2n) is 9.22. The molecule has 0 aliphatic carbocycles. The van der Waals surface area contributed by atoms with Crippen LogP contribution in [0.2, 0.25) is 0 Å². The number of carboxylic acid groups (broad SMARTS) is 1. The molecule has 7 nitrogen and oxygen atoms in total. The molecular weight excluding hydrogens is 516 g/mol. The Hall–Kier alpha value is -5.05. The minimum Gasteiger partial charge on any atom is -0.497 e. The lowest BCUT2D eigenvalue weighted by Gasteiger charge is -2.10. The molecule has 0 radical (unpaired) electrons. The van der Waals surface area contributed by atoms with Crippen molar-refractivity contribution >= 4 is 22.6 Å². The number of halogens is 2. The van der Waals surface area contributed by atoms with Crippen LogP contribution in [-0.2, 0) is 11.3 Å². The number of carbonyl (C=O) groups is 2. The van der Waals surface area contributed by atoms with Gasteiger partial charge in [-0.2, -0.15) is 5.10 Å². The Morgan fingerprint density at radius 3 is 2.40 bits per heavy atom. The van der Waals surface area contributed by atoms with Crippen molar-refractivity contribution in [3.8, 4) is 28.3 Å². The number of carboxylic acids is 1. The molecule has 0 saturated carbocycles. The quantitative estimate of drug-likeness (QED) is 0.242. The summed E-state index contributed by atoms with van der Waals surface area (Å²) >= 11 is 0. The first-order valence-corrected chi connectivity index (χ1v) is 12.5. The third kappa shape index (κ3) is 5.83. The average Bonchev–Trinajstić information content (AvgIpc) is 3.35. The van der Waals surface area contributed by atoms with Crippen LogP contribution in [-0.4, -0.2) is 40.4 Å². The normalized spacial score (nSPS) is 11.0. The highest BCUT2D eigenvalue weighted by molar-refractivity contribution is 5.94. The number of fused-ring (bicyclic) bond motifs is 1. The molecule has 0 bridgehead atoms. The second kappa shape index (κ2) is 11.4. The van der Waals surface area contributed by atoms with E-state index >= 15 is 0 Å². The largest absolute Gasteiger partial charge is 0.497 e. The molecule has 1 amide bonds. The number of aliphatic carboxylic acids is 1. The summed E-state index contributed by atoms with van der Waals surface area (Å²) in [6.07, 6.45) is -0.162. The number of nitrogens with zero attached hydrogens (tertiary/aromatic N) is 2. The zero-order chi connectivity index (χ0) is 28.2. The Bertz CT molecular complexity index is 1710. The van der Waals surface area contributed by atoms with E-state index in [1.807, 2.05) is 36.4 Å². The number of aromatic nitrogens is 2. The molecule has 1 aromatic heterocycles. The van der Waals surface area contributed by atoms with Gasteiger partial charge in [0.1, 0.15) is 17.4 Å². The van der Waals surface area contributed by atoms with Crippen molar-refractivity contribution in [3.05, 3.63) is 108 Å². The van der Waals surface area contributed by atoms with Gasteiger partial charge in [0.15, 0.2) is 0 Å². The number of nitrogens with one attached hydrogen (secondary N) is 1. The SMILES string of the molecule is COc1ccc2cc(-c3cc(-c4ccc(F)cc4F)nn3Cc3ccc(C(=O)NCCC(=O)O)cc3)ccc2c1. The van der Waals surface area contributed by atoms with Crippen LogP contribution in [0.15, 0.2) is 84.9 Å². The van der Waals surface area contributed by atoms with E-state index < -0.39 is 17.6 Å². The standard InChI is InChI=1S/C31H25F2N3O4/c1-40-25-10-8-21-14-23(7-6-22(21)15-25)29-17-28(26-11-9-24(32)16-27(26)33)35-36(29)18-19-2-4-20(5-3-19)31(39)34-13-12-30(37)38/h2-11,14-17H,12-13,18H2,1H3,(H,34,39)(H,37,38). The van der Waals surface area contributed by atoms with Crippen LogP contribution < -0.4 is 10.1 Å². The molecule has 0 fully saturated rings. The zero-order valence-electron chi connectivity index (χ0n) is 21.5. The summed E-state index contributed by atoms with van der Waals surface area (Å²) in [5.41, 5.74) is 3.36. The molecule has 9 heteroatoms. The number of ether oxygens (including phenoxy) is 1. The van der Waals surface area contributed by atoms with E-state index in [9.17, 15) is 18.4 Å². The van der Waals surface area contributed by atoms with Crippen molar-refractivity contribution in [1.82, 2.24) is 15.1 Å². The van der Waals surface area contributed by atoms with E-state index in [0.29, 0.717) is 17.8 Å². The van der Waals surface area contributed by atoms with E-state index in [0.717, 1.165) is 39.4 Å². The summed E-state index contributed by atoms with van der Waals surface area (Å²) < 4.78 is 35.3. The molecule has 0 spiro atoms. The van der Waals surface area contributed by atoms with Gasteiger partial charge in [-0.05, 0) is 64.9 Å². The number of methoxy groups -OCH3 is 1. The van der Waals surface area contributed by atoms with E-state index in [1.165, 1.54) is 12.1 Å². The fourth-order valence-corrected chi connectivity index (χ4v) is 4.43. The molecule has 0 aliphatic rings. The first-order chi connectivity index (χ1) is 19.3. The van der Waals surface area contributed by atoms with Gasteiger partial charge in [-0.3, -0.25) is 14.3 Å². The molecule has 0 unspecified atom stereocenters. The van der Waals surface area contributed by atoms with Gasteiger partial charge in [-0.15, -0.1) is 0 Å². The summed E-state index contributed by atoms with van der Waals surface area (Å²) in [5.74, 6) is -1.98. The van der Waals surface area contributed by atoms with Gasteiger partial charge in [-0.1, -0.05) is 30.3 Å². The van der Waals surface area contributed by atoms with Crippen molar-refractivity contribution in [1.29, 1.82) is 0 Å². The van der Waals surface area contributed by atoms with Crippen LogP contribution >= 0.6 is 0 Å². The minimum atomic E-state index is -0.989. The number of rotatable bonds is 9. The topological polar surface area (TPSA) is 93.5 Å². The summed E-state index contributed by atoms with van der Waals surface area (Å²) in [5, 5.41) is 18.0. The predicted octanol–water partition coefficient (Wildman–Crippen LogP) is 5.91. The van der Waals surface area contributed by atoms with Crippen molar-refractivity contribution < 1.29 is 28.2 Å². The highest BCUT2D eigenvalue weighted by atomic mass is 19.1. The van der Waals surface area contributed by atoms with Crippen LogP contribution in [0.5, 0.6) is 5.75 Å². The van der Waals surface area contributed by atoms with Crippen LogP contribution in [0.4, 0.5) is 8.78 Å². The molecule has 5 aromatic rings. The van der Waals surface area contributed by atoms with Gasteiger partial charge in [0.05, 0.1) is 31.5 Å². The number of hydrogen-bond donors (Lipinski definition) is 2. The summed E-state index contributed by atoms with van der Waals surface area (Å²) in [6.45, 7) is 0.355. The molecular formula is C31H25F2N3O4. The van der Waals surface area contributed by atoms with Gasteiger partial charge in [-0.25, -0.2) is 8.78 Å². The lowest BCUT2D eigenvalue weighted by atomic mass is 10.0. The van der Waals surface area contributed by atoms with Crippen molar-refractivity contribution in [2.75, 3.05) is 13.7 Å². The third-order valence-electron chi connectivity index (χ3n) is 6.50. The Kier molecular flexibility index (Phi) is 7.54. The monoisotopic (exact) mass is 541 g/mol. The summed E-state index contributed by atoms with van der Waals surface area (Å²) in [4.78, 5) is 23.0. The number of hydrogen-bond acceptors (Lipinski definition) is 4. The molecule has 0 saturated heterocycles. The van der Waals surface area contributed by atoms with E-state index in [-0.39, 0.29) is 24.4 Å². The minimum absolute atomic E-state index is 0.0355. The van der Waals surface area contributed by atoms with Crippen LogP contribution in [0.25, 0.3) is 33.3 Å². The van der Waals surface area contributed by atoms with Gasteiger partial charge in [0.25, 0.3) is 5.91 Å². The number of benzene rings is 4. The van der Waals surface area contributed by atoms with E-state index in [2.05, 4.69) is 10.4 Å². The Morgan fingerprint density at radius 2 is 1.68 bits per heavy atom. The lowest BCUT2D eigenvalue weighted by Crippen LogP contribution is -2.25. The summed E-state index contributed by atoms with van der Waals surface area (Å²) in [6, 6.07) is 23.7. The maximum atomic E-state index is 14.7. The maximum absolute atomic E-state index is 14.7.